The predicted octanol–water partition coefficient (Wildman–Crippen LogP) is 2.78. The van der Waals surface area contributed by atoms with Gasteiger partial charge in [-0.2, -0.15) is 0 Å². The van der Waals surface area contributed by atoms with Crippen LogP contribution in [-0.4, -0.2) is 17.0 Å². The van der Waals surface area contributed by atoms with Crippen molar-refractivity contribution in [1.82, 2.24) is 0 Å². The maximum atomic E-state index is 12.2. The van der Waals surface area contributed by atoms with Gasteiger partial charge in [0.25, 0.3) is 0 Å². The average Bonchev–Trinajstić information content (AvgIpc) is 2.76. The number of carboxylic acid groups (broad SMARTS) is 1. The number of fused-ring (bicyclic) bond motifs is 1. The second-order valence-corrected chi connectivity index (χ2v) is 5.23. The molecule has 0 aromatic heterocycles. The maximum Gasteiger partial charge on any atom is 0.335 e. The lowest BCUT2D eigenvalue weighted by Crippen LogP contribution is -2.26. The number of carbonyl (C=O) groups is 2. The molecule has 1 N–H and O–H groups in total. The molecule has 0 unspecified atom stereocenters. The van der Waals surface area contributed by atoms with Gasteiger partial charge in [-0.3, -0.25) is 4.79 Å². The summed E-state index contributed by atoms with van der Waals surface area (Å²) in [5.74, 6) is -0.969. The highest BCUT2D eigenvalue weighted by Gasteiger charge is 2.28. The zero-order valence-corrected chi connectivity index (χ0v) is 11.7. The first-order chi connectivity index (χ1) is 10.1. The summed E-state index contributed by atoms with van der Waals surface area (Å²) in [5, 5.41) is 9.10. The van der Waals surface area contributed by atoms with Crippen molar-refractivity contribution in [3.8, 4) is 0 Å². The van der Waals surface area contributed by atoms with Crippen LogP contribution >= 0.6 is 0 Å². The fourth-order valence-corrected chi connectivity index (χ4v) is 2.62. The summed E-state index contributed by atoms with van der Waals surface area (Å²) in [4.78, 5) is 25.0. The van der Waals surface area contributed by atoms with E-state index in [1.807, 2.05) is 31.2 Å². The molecule has 1 aliphatic heterocycles. The number of hydrogen-bond donors (Lipinski definition) is 1. The largest absolute Gasteiger partial charge is 0.478 e. The molecule has 0 radical (unpaired) electrons. The first-order valence-electron chi connectivity index (χ1n) is 6.77. The summed E-state index contributed by atoms with van der Waals surface area (Å²) in [6, 6.07) is 12.8. The van der Waals surface area contributed by atoms with E-state index in [9.17, 15) is 9.59 Å². The number of rotatable bonds is 3. The van der Waals surface area contributed by atoms with Crippen molar-refractivity contribution in [2.75, 3.05) is 4.90 Å². The maximum absolute atomic E-state index is 12.2. The van der Waals surface area contributed by atoms with Gasteiger partial charge in [0.05, 0.1) is 18.5 Å². The number of amides is 1. The smallest absolute Gasteiger partial charge is 0.335 e. The molecular weight excluding hydrogens is 266 g/mol. The van der Waals surface area contributed by atoms with Gasteiger partial charge in [0.15, 0.2) is 0 Å². The van der Waals surface area contributed by atoms with Crippen molar-refractivity contribution in [3.05, 3.63) is 64.7 Å². The first-order valence-corrected chi connectivity index (χ1v) is 6.77. The number of anilines is 1. The average molecular weight is 281 g/mol. The van der Waals surface area contributed by atoms with Crippen molar-refractivity contribution in [2.45, 2.75) is 19.9 Å². The summed E-state index contributed by atoms with van der Waals surface area (Å²) < 4.78 is 0. The standard InChI is InChI=1S/C17H15NO3/c1-11-4-2-3-5-14(11)10-18-15-8-13(17(20)21)7-6-12(15)9-16(18)19/h2-8H,9-10H2,1H3,(H,20,21). The van der Waals surface area contributed by atoms with Gasteiger partial charge in [-0.05, 0) is 35.7 Å². The highest BCUT2D eigenvalue weighted by atomic mass is 16.4. The van der Waals surface area contributed by atoms with Gasteiger partial charge in [-0.25, -0.2) is 4.79 Å². The SMILES string of the molecule is Cc1ccccc1CN1C(=O)Cc2ccc(C(=O)O)cc21. The van der Waals surface area contributed by atoms with E-state index in [1.54, 1.807) is 23.1 Å². The normalized spacial score (nSPS) is 13.4. The van der Waals surface area contributed by atoms with Crippen LogP contribution in [-0.2, 0) is 17.8 Å². The molecule has 0 saturated heterocycles. The third-order valence-electron chi connectivity index (χ3n) is 3.86. The minimum Gasteiger partial charge on any atom is -0.478 e. The van der Waals surface area contributed by atoms with Gasteiger partial charge < -0.3 is 10.0 Å². The highest BCUT2D eigenvalue weighted by Crippen LogP contribution is 2.31. The summed E-state index contributed by atoms with van der Waals surface area (Å²) >= 11 is 0. The predicted molar refractivity (Wildman–Crippen MR) is 79.5 cm³/mol. The molecule has 2 aromatic carbocycles. The van der Waals surface area contributed by atoms with Crippen molar-refractivity contribution < 1.29 is 14.7 Å². The molecule has 2 aromatic rings. The van der Waals surface area contributed by atoms with Crippen LogP contribution < -0.4 is 4.90 Å². The van der Waals surface area contributed by atoms with E-state index in [-0.39, 0.29) is 11.5 Å². The molecule has 0 aliphatic carbocycles. The van der Waals surface area contributed by atoms with Crippen molar-refractivity contribution in [3.63, 3.8) is 0 Å². The molecule has 0 saturated carbocycles. The van der Waals surface area contributed by atoms with E-state index < -0.39 is 5.97 Å². The Morgan fingerprint density at radius 2 is 2.00 bits per heavy atom. The van der Waals surface area contributed by atoms with Gasteiger partial charge in [0, 0.05) is 5.69 Å². The molecule has 0 fully saturated rings. The minimum absolute atomic E-state index is 0.00999. The fourth-order valence-electron chi connectivity index (χ4n) is 2.62. The van der Waals surface area contributed by atoms with Crippen molar-refractivity contribution >= 4 is 17.6 Å². The lowest BCUT2D eigenvalue weighted by Gasteiger charge is -2.19. The summed E-state index contributed by atoms with van der Waals surface area (Å²) in [7, 11) is 0. The molecule has 1 amide bonds. The Morgan fingerprint density at radius 1 is 1.24 bits per heavy atom. The van der Waals surface area contributed by atoms with E-state index in [4.69, 9.17) is 5.11 Å². The van der Waals surface area contributed by atoms with Crippen molar-refractivity contribution in [2.24, 2.45) is 0 Å². The Hall–Kier alpha value is -2.62. The quantitative estimate of drug-likeness (QED) is 0.941. The Balaban J connectivity index is 1.98. The molecule has 1 aliphatic rings. The van der Waals surface area contributed by atoms with Gasteiger partial charge >= 0.3 is 5.97 Å². The van der Waals surface area contributed by atoms with E-state index in [2.05, 4.69) is 0 Å². The van der Waals surface area contributed by atoms with E-state index in [0.29, 0.717) is 18.7 Å². The van der Waals surface area contributed by atoms with Crippen LogP contribution in [0.3, 0.4) is 0 Å². The number of aromatic carboxylic acids is 1. The van der Waals surface area contributed by atoms with Gasteiger partial charge in [-0.15, -0.1) is 0 Å². The zero-order valence-electron chi connectivity index (χ0n) is 11.7. The van der Waals surface area contributed by atoms with Crippen LogP contribution in [0.1, 0.15) is 27.0 Å². The third kappa shape index (κ3) is 2.40. The minimum atomic E-state index is -0.979. The number of carboxylic acids is 1. The Morgan fingerprint density at radius 3 is 2.71 bits per heavy atom. The van der Waals surface area contributed by atoms with Gasteiger partial charge in [0.2, 0.25) is 5.91 Å². The molecule has 0 spiro atoms. The summed E-state index contributed by atoms with van der Waals surface area (Å²) in [6.07, 6.45) is 0.334. The summed E-state index contributed by atoms with van der Waals surface area (Å²) in [5.41, 5.74) is 3.99. The van der Waals surface area contributed by atoms with Gasteiger partial charge in [-0.1, -0.05) is 30.3 Å². The van der Waals surface area contributed by atoms with E-state index >= 15 is 0 Å². The molecule has 1 heterocycles. The zero-order chi connectivity index (χ0) is 15.0. The summed E-state index contributed by atoms with van der Waals surface area (Å²) in [6.45, 7) is 2.48. The molecule has 0 bridgehead atoms. The number of carbonyl (C=O) groups excluding carboxylic acids is 1. The van der Waals surface area contributed by atoms with Crippen LogP contribution in [0.2, 0.25) is 0 Å². The third-order valence-corrected chi connectivity index (χ3v) is 3.86. The van der Waals surface area contributed by atoms with Crippen molar-refractivity contribution in [1.29, 1.82) is 0 Å². The van der Waals surface area contributed by atoms with Crippen LogP contribution in [0.15, 0.2) is 42.5 Å². The Bertz CT molecular complexity index is 737. The molecule has 0 atom stereocenters. The number of benzene rings is 2. The Kier molecular flexibility index (Phi) is 3.22. The number of hydrogen-bond acceptors (Lipinski definition) is 2. The molecule has 3 rings (SSSR count). The second kappa shape index (κ2) is 5.05. The molecule has 106 valence electrons. The van der Waals surface area contributed by atoms with E-state index in [1.165, 1.54) is 0 Å². The lowest BCUT2D eigenvalue weighted by molar-refractivity contribution is -0.117. The van der Waals surface area contributed by atoms with Crippen LogP contribution in [0.4, 0.5) is 5.69 Å². The first kappa shape index (κ1) is 13.4. The van der Waals surface area contributed by atoms with Crippen LogP contribution in [0.25, 0.3) is 0 Å². The topological polar surface area (TPSA) is 57.6 Å². The fraction of sp³-hybridized carbons (Fsp3) is 0.176. The lowest BCUT2D eigenvalue weighted by atomic mass is 10.1. The van der Waals surface area contributed by atoms with Gasteiger partial charge in [0.1, 0.15) is 0 Å². The Labute approximate surface area is 122 Å². The molecular formula is C17H15NO3. The number of aryl methyl sites for hydroxylation is 1. The molecule has 21 heavy (non-hydrogen) atoms. The number of nitrogens with zero attached hydrogens (tertiary/aromatic N) is 1. The van der Waals surface area contributed by atoms with E-state index in [0.717, 1.165) is 16.7 Å². The second-order valence-electron chi connectivity index (χ2n) is 5.23. The van der Waals surface area contributed by atoms with Crippen LogP contribution in [0, 0.1) is 6.92 Å². The highest BCUT2D eigenvalue weighted by molar-refractivity contribution is 6.03. The van der Waals surface area contributed by atoms with Crippen LogP contribution in [0.5, 0.6) is 0 Å². The molecule has 4 nitrogen and oxygen atoms in total. The monoisotopic (exact) mass is 281 g/mol. The molecule has 4 heteroatoms.